The highest BCUT2D eigenvalue weighted by molar-refractivity contribution is 7.73. The van der Waals surface area contributed by atoms with Crippen LogP contribution in [0.2, 0.25) is 0 Å². The van der Waals surface area contributed by atoms with Gasteiger partial charge in [-0.05, 0) is 43.6 Å². The van der Waals surface area contributed by atoms with Crippen LogP contribution in [0.3, 0.4) is 0 Å². The number of para-hydroxylation sites is 1. The van der Waals surface area contributed by atoms with Gasteiger partial charge in [0.05, 0.1) is 16.9 Å². The van der Waals surface area contributed by atoms with E-state index in [4.69, 9.17) is 12.2 Å². The molecule has 2 heterocycles. The number of thiazole rings is 1. The molecule has 1 N–H and O–H groups in total. The summed E-state index contributed by atoms with van der Waals surface area (Å²) in [6.45, 7) is 2.24. The number of fused-ring (bicyclic) bond motifs is 1. The number of nitrogens with zero attached hydrogens (tertiary/aromatic N) is 2. The third-order valence-corrected chi connectivity index (χ3v) is 5.54. The lowest BCUT2D eigenvalue weighted by Gasteiger charge is -2.35. The number of rotatable bonds is 4. The Morgan fingerprint density at radius 2 is 2.15 bits per heavy atom. The minimum absolute atomic E-state index is 0.275. The van der Waals surface area contributed by atoms with E-state index < -0.39 is 0 Å². The average Bonchev–Trinajstić information content (AvgIpc) is 2.78. The van der Waals surface area contributed by atoms with Crippen molar-refractivity contribution in [3.63, 3.8) is 0 Å². The van der Waals surface area contributed by atoms with Crippen molar-refractivity contribution in [1.82, 2.24) is 9.47 Å². The largest absolute Gasteiger partial charge is 0.396 e. The molecule has 20 heavy (non-hydrogen) atoms. The lowest BCUT2D eigenvalue weighted by Crippen LogP contribution is -2.41. The molecule has 1 atom stereocenters. The summed E-state index contributed by atoms with van der Waals surface area (Å²) in [5, 5.41) is 9.24. The number of aromatic nitrogens is 1. The summed E-state index contributed by atoms with van der Waals surface area (Å²) >= 11 is 7.21. The van der Waals surface area contributed by atoms with Crippen LogP contribution in [0.25, 0.3) is 10.2 Å². The Labute approximate surface area is 128 Å². The summed E-state index contributed by atoms with van der Waals surface area (Å²) in [7, 11) is 0. The number of aliphatic hydroxyl groups is 1. The van der Waals surface area contributed by atoms with Gasteiger partial charge in [-0.2, -0.15) is 0 Å². The van der Waals surface area contributed by atoms with Gasteiger partial charge in [-0.15, -0.1) is 11.3 Å². The van der Waals surface area contributed by atoms with Crippen LogP contribution in [0.1, 0.15) is 25.7 Å². The molecule has 2 aromatic rings. The molecule has 5 heteroatoms. The average molecular weight is 308 g/mol. The number of likely N-dealkylation sites (tertiary alicyclic amines) is 1. The fourth-order valence-corrected chi connectivity index (χ4v) is 4.36. The molecule has 1 aliphatic rings. The van der Waals surface area contributed by atoms with Gasteiger partial charge < -0.3 is 9.67 Å². The Morgan fingerprint density at radius 1 is 1.30 bits per heavy atom. The molecule has 3 nitrogen and oxygen atoms in total. The van der Waals surface area contributed by atoms with Crippen LogP contribution < -0.4 is 0 Å². The first-order valence-electron chi connectivity index (χ1n) is 7.23. The number of hydrogen-bond acceptors (Lipinski definition) is 4. The molecule has 0 radical (unpaired) electrons. The molecule has 1 fully saturated rings. The van der Waals surface area contributed by atoms with Gasteiger partial charge in [0.1, 0.15) is 0 Å². The van der Waals surface area contributed by atoms with Crippen molar-refractivity contribution >= 4 is 33.8 Å². The lowest BCUT2D eigenvalue weighted by atomic mass is 10.0. The zero-order chi connectivity index (χ0) is 13.9. The molecule has 0 saturated carbocycles. The normalized spacial score (nSPS) is 20.6. The second-order valence-electron chi connectivity index (χ2n) is 5.38. The molecular formula is C15H20N2OS2. The van der Waals surface area contributed by atoms with Crippen molar-refractivity contribution in [3.8, 4) is 0 Å². The van der Waals surface area contributed by atoms with Crippen molar-refractivity contribution in [1.29, 1.82) is 0 Å². The fraction of sp³-hybridized carbons (Fsp3) is 0.533. The predicted molar refractivity (Wildman–Crippen MR) is 86.7 cm³/mol. The van der Waals surface area contributed by atoms with E-state index in [1.807, 2.05) is 0 Å². The van der Waals surface area contributed by atoms with Gasteiger partial charge in [-0.3, -0.25) is 4.90 Å². The molecule has 0 spiro atoms. The van der Waals surface area contributed by atoms with E-state index >= 15 is 0 Å². The zero-order valence-electron chi connectivity index (χ0n) is 11.5. The lowest BCUT2D eigenvalue weighted by molar-refractivity contribution is 0.0903. The third kappa shape index (κ3) is 2.81. The monoisotopic (exact) mass is 308 g/mol. The molecule has 108 valence electrons. The second kappa shape index (κ2) is 6.35. The first kappa shape index (κ1) is 14.2. The van der Waals surface area contributed by atoms with Gasteiger partial charge in [0, 0.05) is 19.2 Å². The summed E-state index contributed by atoms with van der Waals surface area (Å²) in [4.78, 5) is 2.48. The van der Waals surface area contributed by atoms with Crippen molar-refractivity contribution < 1.29 is 5.11 Å². The Kier molecular flexibility index (Phi) is 4.51. The summed E-state index contributed by atoms with van der Waals surface area (Å²) in [5.74, 6) is 0. The van der Waals surface area contributed by atoms with Crippen LogP contribution in [-0.4, -0.2) is 33.8 Å². The molecule has 1 aromatic carbocycles. The van der Waals surface area contributed by atoms with Crippen LogP contribution in [0, 0.1) is 3.95 Å². The van der Waals surface area contributed by atoms with Crippen LogP contribution in [0.15, 0.2) is 24.3 Å². The highest BCUT2D eigenvalue weighted by Gasteiger charge is 2.22. The van der Waals surface area contributed by atoms with Gasteiger partial charge in [0.25, 0.3) is 0 Å². The van der Waals surface area contributed by atoms with Gasteiger partial charge in [0.15, 0.2) is 3.95 Å². The highest BCUT2D eigenvalue weighted by Crippen LogP contribution is 2.26. The summed E-state index contributed by atoms with van der Waals surface area (Å²) in [6.07, 6.45) is 4.58. The maximum Gasteiger partial charge on any atom is 0.163 e. The van der Waals surface area contributed by atoms with E-state index in [1.165, 1.54) is 29.5 Å². The summed E-state index contributed by atoms with van der Waals surface area (Å²) < 4.78 is 4.44. The molecule has 0 amide bonds. The fourth-order valence-electron chi connectivity index (χ4n) is 3.05. The second-order valence-corrected chi connectivity index (χ2v) is 7.06. The van der Waals surface area contributed by atoms with E-state index in [-0.39, 0.29) is 6.61 Å². The number of aliphatic hydroxyl groups excluding tert-OH is 1. The summed E-state index contributed by atoms with van der Waals surface area (Å²) in [5.41, 5.74) is 1.23. The van der Waals surface area contributed by atoms with Crippen molar-refractivity contribution in [2.45, 2.75) is 38.4 Å². The van der Waals surface area contributed by atoms with Crippen molar-refractivity contribution in [2.75, 3.05) is 13.2 Å². The molecule has 1 saturated heterocycles. The van der Waals surface area contributed by atoms with Crippen LogP contribution >= 0.6 is 23.6 Å². The number of piperidine rings is 1. The molecule has 0 bridgehead atoms. The molecule has 1 aliphatic heterocycles. The van der Waals surface area contributed by atoms with E-state index in [2.05, 4.69) is 33.7 Å². The minimum atomic E-state index is 0.275. The van der Waals surface area contributed by atoms with Gasteiger partial charge in [-0.25, -0.2) is 0 Å². The molecule has 3 rings (SSSR count). The van der Waals surface area contributed by atoms with Gasteiger partial charge in [0.2, 0.25) is 0 Å². The quantitative estimate of drug-likeness (QED) is 0.874. The maximum atomic E-state index is 9.24. The molecule has 0 aliphatic carbocycles. The van der Waals surface area contributed by atoms with Crippen LogP contribution in [0.4, 0.5) is 0 Å². The third-order valence-electron chi connectivity index (χ3n) is 4.11. The Morgan fingerprint density at radius 3 is 3.00 bits per heavy atom. The Balaban J connectivity index is 1.88. The van der Waals surface area contributed by atoms with E-state index in [1.54, 1.807) is 11.3 Å². The SMILES string of the molecule is OCCC1CCCCN1Cn1c(=S)sc2ccccc21. The highest BCUT2D eigenvalue weighted by atomic mass is 32.1. The van der Waals surface area contributed by atoms with Crippen LogP contribution in [-0.2, 0) is 6.67 Å². The molecular weight excluding hydrogens is 288 g/mol. The molecule has 1 aromatic heterocycles. The van der Waals surface area contributed by atoms with Crippen molar-refractivity contribution in [3.05, 3.63) is 28.2 Å². The minimum Gasteiger partial charge on any atom is -0.396 e. The van der Waals surface area contributed by atoms with Gasteiger partial charge >= 0.3 is 0 Å². The first-order chi connectivity index (χ1) is 9.79. The zero-order valence-corrected chi connectivity index (χ0v) is 13.1. The molecule has 1 unspecified atom stereocenters. The van der Waals surface area contributed by atoms with Crippen molar-refractivity contribution in [2.24, 2.45) is 0 Å². The predicted octanol–water partition coefficient (Wildman–Crippen LogP) is 3.63. The van der Waals surface area contributed by atoms with E-state index in [9.17, 15) is 5.11 Å². The van der Waals surface area contributed by atoms with Gasteiger partial charge in [-0.1, -0.05) is 18.6 Å². The smallest absolute Gasteiger partial charge is 0.163 e. The summed E-state index contributed by atoms with van der Waals surface area (Å²) in [6, 6.07) is 8.91. The standard InChI is InChI=1S/C15H20N2OS2/c18-10-8-12-5-3-4-9-16(12)11-17-13-6-1-2-7-14(13)20-15(17)19/h1-2,6-7,12,18H,3-5,8-11H2. The van der Waals surface area contributed by atoms with E-state index in [0.29, 0.717) is 6.04 Å². The number of benzene rings is 1. The Hall–Kier alpha value is -0.750. The number of hydrogen-bond donors (Lipinski definition) is 1. The topological polar surface area (TPSA) is 28.4 Å². The first-order valence-corrected chi connectivity index (χ1v) is 8.45. The van der Waals surface area contributed by atoms with Crippen LogP contribution in [0.5, 0.6) is 0 Å². The van der Waals surface area contributed by atoms with E-state index in [0.717, 1.165) is 23.6 Å². The Bertz CT molecular complexity index is 632. The maximum absolute atomic E-state index is 9.24.